The summed E-state index contributed by atoms with van der Waals surface area (Å²) < 4.78 is 76.5. The van der Waals surface area contributed by atoms with Gasteiger partial charge in [0.05, 0.1) is 11.7 Å². The minimum atomic E-state index is -5.08. The van der Waals surface area contributed by atoms with Gasteiger partial charge in [-0.05, 0) is 61.1 Å². The average molecular weight is 598 g/mol. The molecule has 0 spiro atoms. The summed E-state index contributed by atoms with van der Waals surface area (Å²) in [7, 11) is 0. The minimum absolute atomic E-state index is 0.171. The number of nitrogens with one attached hydrogen (secondary N) is 1. The summed E-state index contributed by atoms with van der Waals surface area (Å²) in [6.45, 7) is 2.12. The van der Waals surface area contributed by atoms with Crippen LogP contribution in [0.4, 0.5) is 36.4 Å². The monoisotopic (exact) mass is 598 g/mol. The van der Waals surface area contributed by atoms with E-state index in [0.29, 0.717) is 16.8 Å². The second-order valence-corrected chi connectivity index (χ2v) is 9.48. The fraction of sp³-hybridized carbons (Fsp3) is 0.348. The predicted octanol–water partition coefficient (Wildman–Crippen LogP) is 4.58. The number of benzene rings is 1. The molecule has 40 heavy (non-hydrogen) atoms. The third kappa shape index (κ3) is 8.56. The van der Waals surface area contributed by atoms with Gasteiger partial charge in [0.15, 0.2) is 5.17 Å². The fourth-order valence-electron chi connectivity index (χ4n) is 3.72. The maximum Gasteiger partial charge on any atom is 0.490 e. The summed E-state index contributed by atoms with van der Waals surface area (Å²) >= 11 is 1.61. The number of carboxylic acid groups (broad SMARTS) is 2. The van der Waals surface area contributed by atoms with Crippen molar-refractivity contribution < 1.29 is 55.3 Å². The van der Waals surface area contributed by atoms with Crippen LogP contribution in [-0.2, 0) is 21.5 Å². The number of carboxylic acids is 2. The first-order chi connectivity index (χ1) is 18.3. The second-order valence-electron chi connectivity index (χ2n) is 8.44. The molecule has 9 nitrogen and oxygen atoms in total. The summed E-state index contributed by atoms with van der Waals surface area (Å²) in [6, 6.07) is 8.49. The number of aliphatic imine (C=N–C) groups is 1. The number of nitrogens with two attached hydrogens (primary N) is 1. The molecule has 1 amide bonds. The van der Waals surface area contributed by atoms with Gasteiger partial charge in [0, 0.05) is 11.4 Å². The quantitative estimate of drug-likeness (QED) is 0.367. The van der Waals surface area contributed by atoms with Crippen molar-refractivity contribution in [3.63, 3.8) is 0 Å². The van der Waals surface area contributed by atoms with E-state index in [9.17, 15) is 35.5 Å². The first kappa shape index (κ1) is 32.3. The van der Waals surface area contributed by atoms with Gasteiger partial charge >= 0.3 is 24.3 Å². The van der Waals surface area contributed by atoms with Crippen molar-refractivity contribution >= 4 is 40.5 Å². The molecule has 0 radical (unpaired) electrons. The van der Waals surface area contributed by atoms with Crippen molar-refractivity contribution in [2.45, 2.75) is 37.7 Å². The summed E-state index contributed by atoms with van der Waals surface area (Å²) in [6.07, 6.45) is -7.05. The Hall–Kier alpha value is -3.89. The smallest absolute Gasteiger partial charge is 0.475 e. The standard InChI is InChI=1S/C19H19FN4OS.2C2HF3O2/c1-19-12(10-26-18(21)24-19)4-2-11-3-6-14(8-15(11)19)23-17(25)16-7-5-13(20)9-22-16;2*3-2(4,5)1(6)7/h3,5-9,12H,2,4,10H2,1H3,(H2,21,24)(H,23,25);2*(H,6,7)/t12-,19+;;/m1../s1. The number of aryl methyl sites for hydroxylation is 1. The number of hydrogen-bond acceptors (Lipinski definition) is 7. The number of nitrogens with zero attached hydrogens (tertiary/aromatic N) is 2. The summed E-state index contributed by atoms with van der Waals surface area (Å²) in [4.78, 5) is 38.7. The molecule has 0 unspecified atom stereocenters. The fourth-order valence-corrected chi connectivity index (χ4v) is 4.84. The van der Waals surface area contributed by atoms with Gasteiger partial charge in [-0.1, -0.05) is 17.8 Å². The Kier molecular flexibility index (Phi) is 10.1. The molecular weight excluding hydrogens is 577 g/mol. The highest BCUT2D eigenvalue weighted by Crippen LogP contribution is 2.47. The number of alkyl halides is 6. The van der Waals surface area contributed by atoms with Gasteiger partial charge in [-0.3, -0.25) is 9.79 Å². The molecule has 2 aromatic rings. The third-order valence-electron chi connectivity index (χ3n) is 5.69. The topological polar surface area (TPSA) is 155 Å². The number of amidine groups is 1. The molecule has 0 saturated carbocycles. The molecule has 218 valence electrons. The van der Waals surface area contributed by atoms with Crippen LogP contribution >= 0.6 is 11.8 Å². The van der Waals surface area contributed by atoms with Gasteiger partial charge in [0.25, 0.3) is 5.91 Å². The van der Waals surface area contributed by atoms with E-state index >= 15 is 0 Å². The molecule has 0 bridgehead atoms. The Morgan fingerprint density at radius 2 is 1.62 bits per heavy atom. The molecular formula is C23H21F7N4O5S. The Morgan fingerprint density at radius 3 is 2.12 bits per heavy atom. The number of carbonyl (C=O) groups excluding carboxylic acids is 1. The first-order valence-corrected chi connectivity index (χ1v) is 12.0. The van der Waals surface area contributed by atoms with Gasteiger partial charge in [-0.15, -0.1) is 0 Å². The van der Waals surface area contributed by atoms with Gasteiger partial charge in [0.1, 0.15) is 11.5 Å². The number of amides is 1. The van der Waals surface area contributed by atoms with Crippen LogP contribution < -0.4 is 11.1 Å². The number of hydrogen-bond donors (Lipinski definition) is 4. The molecule has 2 heterocycles. The number of thioether (sulfide) groups is 1. The number of halogens is 7. The van der Waals surface area contributed by atoms with E-state index in [1.165, 1.54) is 17.7 Å². The predicted molar refractivity (Wildman–Crippen MR) is 129 cm³/mol. The molecule has 2 aliphatic rings. The van der Waals surface area contributed by atoms with Gasteiger partial charge < -0.3 is 21.3 Å². The largest absolute Gasteiger partial charge is 0.490 e. The van der Waals surface area contributed by atoms with Crippen LogP contribution in [-0.4, -0.2) is 56.3 Å². The highest BCUT2D eigenvalue weighted by Gasteiger charge is 2.43. The van der Waals surface area contributed by atoms with Crippen molar-refractivity contribution in [3.05, 3.63) is 59.2 Å². The molecule has 0 fully saturated rings. The normalized spacial score (nSPS) is 19.7. The summed E-state index contributed by atoms with van der Waals surface area (Å²) in [5.41, 5.74) is 8.83. The van der Waals surface area contributed by atoms with Crippen LogP contribution in [0.5, 0.6) is 0 Å². The zero-order valence-electron chi connectivity index (χ0n) is 20.3. The lowest BCUT2D eigenvalue weighted by atomic mass is 9.71. The second kappa shape index (κ2) is 12.5. The number of aromatic nitrogens is 1. The Bertz CT molecular complexity index is 1260. The minimum Gasteiger partial charge on any atom is -0.475 e. The van der Waals surface area contributed by atoms with Crippen LogP contribution in [0.15, 0.2) is 41.5 Å². The van der Waals surface area contributed by atoms with Crippen molar-refractivity contribution in [1.82, 2.24) is 4.98 Å². The number of pyridine rings is 1. The SMILES string of the molecule is C[C@]12N=C(N)SC[C@H]1CCc1ccc(NC(=O)c3ccc(F)cn3)cc12.O=C(O)C(F)(F)F.O=C(O)C(F)(F)F. The van der Waals surface area contributed by atoms with Crippen molar-refractivity contribution in [2.24, 2.45) is 16.6 Å². The van der Waals surface area contributed by atoms with Crippen LogP contribution in [0, 0.1) is 11.7 Å². The lowest BCUT2D eigenvalue weighted by Crippen LogP contribution is -2.41. The van der Waals surface area contributed by atoms with Crippen molar-refractivity contribution in [3.8, 4) is 0 Å². The Balaban J connectivity index is 0.000000333. The lowest BCUT2D eigenvalue weighted by molar-refractivity contribution is -0.193. The van der Waals surface area contributed by atoms with E-state index in [0.717, 1.165) is 30.4 Å². The Labute approximate surface area is 225 Å². The van der Waals surface area contributed by atoms with Crippen LogP contribution in [0.1, 0.15) is 35.0 Å². The van der Waals surface area contributed by atoms with Crippen molar-refractivity contribution in [1.29, 1.82) is 0 Å². The van der Waals surface area contributed by atoms with Crippen LogP contribution in [0.2, 0.25) is 0 Å². The molecule has 2 atom stereocenters. The molecule has 1 aliphatic heterocycles. The van der Waals surface area contributed by atoms with E-state index in [4.69, 9.17) is 30.5 Å². The number of rotatable bonds is 2. The van der Waals surface area contributed by atoms with E-state index in [2.05, 4.69) is 17.2 Å². The zero-order chi connectivity index (χ0) is 30.5. The molecule has 17 heteroatoms. The zero-order valence-corrected chi connectivity index (χ0v) is 21.1. The number of anilines is 1. The van der Waals surface area contributed by atoms with E-state index in [1.54, 1.807) is 11.8 Å². The third-order valence-corrected chi connectivity index (χ3v) is 6.65. The van der Waals surface area contributed by atoms with E-state index in [-0.39, 0.29) is 17.1 Å². The first-order valence-electron chi connectivity index (χ1n) is 11.0. The van der Waals surface area contributed by atoms with Gasteiger partial charge in [-0.2, -0.15) is 26.3 Å². The lowest BCUT2D eigenvalue weighted by Gasteiger charge is -2.42. The maximum atomic E-state index is 13.0. The molecule has 1 aliphatic carbocycles. The van der Waals surface area contributed by atoms with E-state index in [1.807, 2.05) is 18.2 Å². The number of carbonyl (C=O) groups is 3. The van der Waals surface area contributed by atoms with E-state index < -0.39 is 30.1 Å². The molecule has 0 saturated heterocycles. The maximum absolute atomic E-state index is 13.0. The van der Waals surface area contributed by atoms with Crippen LogP contribution in [0.3, 0.4) is 0 Å². The highest BCUT2D eigenvalue weighted by molar-refractivity contribution is 8.13. The molecule has 1 aromatic carbocycles. The summed E-state index contributed by atoms with van der Waals surface area (Å²) in [5, 5.41) is 17.7. The summed E-state index contributed by atoms with van der Waals surface area (Å²) in [5.74, 6) is -4.97. The average Bonchev–Trinajstić information content (AvgIpc) is 2.84. The van der Waals surface area contributed by atoms with Crippen molar-refractivity contribution in [2.75, 3.05) is 11.1 Å². The van der Waals surface area contributed by atoms with Crippen LogP contribution in [0.25, 0.3) is 0 Å². The van der Waals surface area contributed by atoms with Gasteiger partial charge in [-0.25, -0.2) is 19.0 Å². The van der Waals surface area contributed by atoms with Gasteiger partial charge in [0.2, 0.25) is 0 Å². The number of fused-ring (bicyclic) bond motifs is 3. The molecule has 5 N–H and O–H groups in total. The molecule has 1 aromatic heterocycles. The Morgan fingerprint density at radius 1 is 1.05 bits per heavy atom. The highest BCUT2D eigenvalue weighted by atomic mass is 32.2. The number of aliphatic carboxylic acids is 2. The molecule has 4 rings (SSSR count).